The van der Waals surface area contributed by atoms with Crippen molar-refractivity contribution in [2.45, 2.75) is 147 Å². The number of epoxide rings is 1. The average Bonchev–Trinajstić information content (AvgIpc) is 3.85. The first-order chi connectivity index (χ1) is 23.7. The molecule has 0 bridgehead atoms. The molecule has 16 atom stereocenters. The fraction of sp³-hybridized carbons (Fsp3) is 0.838. The molecule has 0 aliphatic carbocycles. The number of methoxy groups -OCH3 is 2. The number of esters is 1. The Morgan fingerprint density at radius 1 is 0.940 bits per heavy atom. The third-order valence-electron chi connectivity index (χ3n) is 10.7. The Balaban J connectivity index is 1.56. The quantitative estimate of drug-likeness (QED) is 0.205. The van der Waals surface area contributed by atoms with E-state index >= 15 is 0 Å². The SMILES string of the molecule is CC[C@H]1OC(=O)C/C=C(/C)[C@@H](O[C@@H]2O[C@H](C)C[C@H](N(C)C)[C@H]2O)[C@@H](C)C[C@@H](C)C(=O)/C=C/[C@H]2O[C@@H]2[C@@H]1CO[C@@H]1O[C@H](C)[C@@H](O)[C@@H](OC)[C@H]1OC. The number of carbonyl (C=O) groups is 2. The second kappa shape index (κ2) is 18.3. The summed E-state index contributed by atoms with van der Waals surface area (Å²) in [6, 6.07) is -0.145. The van der Waals surface area contributed by atoms with Gasteiger partial charge in [-0.25, -0.2) is 0 Å². The van der Waals surface area contributed by atoms with Crippen LogP contribution in [0.5, 0.6) is 0 Å². The minimum absolute atomic E-state index is 0.000953. The Hall–Kier alpha value is -1.78. The van der Waals surface area contributed by atoms with Crippen LogP contribution in [0.4, 0.5) is 0 Å². The third kappa shape index (κ3) is 10.00. The number of allylic oxidation sites excluding steroid dienone is 1. The van der Waals surface area contributed by atoms with Crippen LogP contribution in [-0.2, 0) is 47.5 Å². The summed E-state index contributed by atoms with van der Waals surface area (Å²) < 4.78 is 48.1. The second-order valence-electron chi connectivity index (χ2n) is 14.8. The van der Waals surface area contributed by atoms with Gasteiger partial charge in [-0.2, -0.15) is 0 Å². The predicted molar refractivity (Wildman–Crippen MR) is 183 cm³/mol. The lowest BCUT2D eigenvalue weighted by atomic mass is 9.86. The molecule has 4 heterocycles. The summed E-state index contributed by atoms with van der Waals surface area (Å²) in [6.07, 6.45) is -0.533. The molecular formula is C37H61NO12. The highest BCUT2D eigenvalue weighted by molar-refractivity contribution is 5.91. The van der Waals surface area contributed by atoms with Crippen molar-refractivity contribution in [1.29, 1.82) is 0 Å². The van der Waals surface area contributed by atoms with E-state index in [1.165, 1.54) is 14.2 Å². The van der Waals surface area contributed by atoms with E-state index in [1.807, 2.05) is 53.6 Å². The van der Waals surface area contributed by atoms with E-state index in [0.29, 0.717) is 19.3 Å². The van der Waals surface area contributed by atoms with Crippen molar-refractivity contribution in [2.75, 3.05) is 34.9 Å². The van der Waals surface area contributed by atoms with Crippen LogP contribution in [0.25, 0.3) is 0 Å². The number of nitrogens with zero attached hydrogens (tertiary/aromatic N) is 1. The Bertz CT molecular complexity index is 1180. The number of aliphatic hydroxyl groups is 2. The third-order valence-corrected chi connectivity index (χ3v) is 10.7. The maximum atomic E-state index is 13.4. The predicted octanol–water partition coefficient (Wildman–Crippen LogP) is 2.79. The van der Waals surface area contributed by atoms with Crippen LogP contribution in [-0.4, -0.2) is 141 Å². The van der Waals surface area contributed by atoms with Gasteiger partial charge in [-0.05, 0) is 77.8 Å². The largest absolute Gasteiger partial charge is 0.462 e. The number of ether oxygens (including phenoxy) is 8. The van der Waals surface area contributed by atoms with Crippen LogP contribution in [0.1, 0.15) is 67.2 Å². The molecule has 0 unspecified atom stereocenters. The number of carbonyl (C=O) groups excluding carboxylic acids is 2. The van der Waals surface area contributed by atoms with Crippen molar-refractivity contribution in [2.24, 2.45) is 17.8 Å². The van der Waals surface area contributed by atoms with Crippen LogP contribution in [0, 0.1) is 17.8 Å². The number of rotatable bonds is 9. The Morgan fingerprint density at radius 3 is 2.28 bits per heavy atom. The molecule has 0 spiro atoms. The molecule has 2 N–H and O–H groups in total. The summed E-state index contributed by atoms with van der Waals surface area (Å²) in [5.74, 6) is -1.28. The summed E-state index contributed by atoms with van der Waals surface area (Å²) in [5, 5.41) is 21.8. The molecule has 0 radical (unpaired) electrons. The van der Waals surface area contributed by atoms with Crippen LogP contribution in [0.2, 0.25) is 0 Å². The van der Waals surface area contributed by atoms with E-state index in [-0.39, 0.29) is 60.9 Å². The molecule has 0 saturated carbocycles. The zero-order chi connectivity index (χ0) is 36.9. The summed E-state index contributed by atoms with van der Waals surface area (Å²) in [5.41, 5.74) is 0.787. The summed E-state index contributed by atoms with van der Waals surface area (Å²) in [6.45, 7) is 11.5. The van der Waals surface area contributed by atoms with E-state index in [1.54, 1.807) is 25.2 Å². The molecule has 50 heavy (non-hydrogen) atoms. The smallest absolute Gasteiger partial charge is 0.309 e. The van der Waals surface area contributed by atoms with Gasteiger partial charge in [0.25, 0.3) is 0 Å². The molecule has 4 rings (SSSR count). The molecular weight excluding hydrogens is 650 g/mol. The Labute approximate surface area is 297 Å². The molecule has 0 aromatic rings. The monoisotopic (exact) mass is 711 g/mol. The molecule has 13 nitrogen and oxygen atoms in total. The summed E-state index contributed by atoms with van der Waals surface area (Å²) in [7, 11) is 6.85. The van der Waals surface area contributed by atoms with E-state index in [2.05, 4.69) is 0 Å². The first-order valence-electron chi connectivity index (χ1n) is 18.1. The standard InChI is InChI=1S/C37H61NO12/c1-11-27-24(18-45-37-35(44-10)34(43-9)30(41)23(6)47-37)33-28(49-33)14-13-26(39)20(3)16-21(4)32(19(2)12-15-29(40)48-27)50-36-31(42)25(38(7)8)17-22(5)46-36/h12-14,20-25,27-28,30-37,41-42H,11,15-18H2,1-10H3/b14-13+,19-12-/t20-,21+,22-,23-,24-,25+,27-,28-,30-,31-,32-,33-,34-,35-,36+,37-/m1/s1. The first-order valence-corrected chi connectivity index (χ1v) is 18.1. The number of cyclic esters (lactones) is 1. The number of aliphatic hydroxyl groups excluding tert-OH is 2. The second-order valence-corrected chi connectivity index (χ2v) is 14.8. The molecule has 0 aromatic carbocycles. The minimum Gasteiger partial charge on any atom is -0.462 e. The van der Waals surface area contributed by atoms with E-state index in [9.17, 15) is 19.8 Å². The van der Waals surface area contributed by atoms with Crippen molar-refractivity contribution < 1.29 is 57.7 Å². The zero-order valence-electron chi connectivity index (χ0n) is 31.4. The molecule has 4 aliphatic rings. The van der Waals surface area contributed by atoms with Crippen LogP contribution in [0.15, 0.2) is 23.8 Å². The summed E-state index contributed by atoms with van der Waals surface area (Å²) in [4.78, 5) is 28.7. The highest BCUT2D eigenvalue weighted by Crippen LogP contribution is 2.37. The van der Waals surface area contributed by atoms with Crippen molar-refractivity contribution in [3.63, 3.8) is 0 Å². The number of ketones is 1. The molecule has 13 heteroatoms. The highest BCUT2D eigenvalue weighted by Gasteiger charge is 2.50. The maximum absolute atomic E-state index is 13.4. The molecule has 3 saturated heterocycles. The zero-order valence-corrected chi connectivity index (χ0v) is 31.4. The van der Waals surface area contributed by atoms with Gasteiger partial charge in [0.15, 0.2) is 18.4 Å². The van der Waals surface area contributed by atoms with Crippen molar-refractivity contribution in [1.82, 2.24) is 4.90 Å². The lowest BCUT2D eigenvalue weighted by Crippen LogP contribution is -2.59. The minimum atomic E-state index is -0.902. The number of hydrogen-bond acceptors (Lipinski definition) is 13. The van der Waals surface area contributed by atoms with Gasteiger partial charge < -0.3 is 53.0 Å². The van der Waals surface area contributed by atoms with Crippen LogP contribution >= 0.6 is 0 Å². The van der Waals surface area contributed by atoms with Gasteiger partial charge in [0, 0.05) is 32.1 Å². The maximum Gasteiger partial charge on any atom is 0.309 e. The molecule has 0 amide bonds. The van der Waals surface area contributed by atoms with Gasteiger partial charge in [-0.1, -0.05) is 26.8 Å². The lowest BCUT2D eigenvalue weighted by Gasteiger charge is -2.43. The number of likely N-dealkylation sites (N-methyl/N-ethyl adjacent to an activating group) is 1. The van der Waals surface area contributed by atoms with Gasteiger partial charge in [0.2, 0.25) is 0 Å². The van der Waals surface area contributed by atoms with Crippen molar-refractivity contribution in [3.05, 3.63) is 23.8 Å². The van der Waals surface area contributed by atoms with Gasteiger partial charge in [0.05, 0.1) is 37.4 Å². The van der Waals surface area contributed by atoms with Crippen LogP contribution < -0.4 is 0 Å². The average molecular weight is 712 g/mol. The van der Waals surface area contributed by atoms with E-state index in [0.717, 1.165) is 5.57 Å². The van der Waals surface area contributed by atoms with Gasteiger partial charge in [-0.15, -0.1) is 0 Å². The lowest BCUT2D eigenvalue weighted by molar-refractivity contribution is -0.305. The molecule has 3 fully saturated rings. The van der Waals surface area contributed by atoms with Crippen molar-refractivity contribution >= 4 is 11.8 Å². The van der Waals surface area contributed by atoms with Gasteiger partial charge in [0.1, 0.15) is 36.6 Å². The molecule has 4 aliphatic heterocycles. The van der Waals surface area contributed by atoms with E-state index < -0.39 is 61.3 Å². The van der Waals surface area contributed by atoms with Gasteiger partial charge >= 0.3 is 5.97 Å². The highest BCUT2D eigenvalue weighted by atomic mass is 16.7. The normalized spacial score (nSPS) is 45.3. The summed E-state index contributed by atoms with van der Waals surface area (Å²) >= 11 is 0. The number of fused-ring (bicyclic) bond motifs is 1. The fourth-order valence-electron chi connectivity index (χ4n) is 7.59. The number of hydrogen-bond donors (Lipinski definition) is 2. The topological polar surface area (TPSA) is 155 Å². The van der Waals surface area contributed by atoms with Gasteiger partial charge in [-0.3, -0.25) is 9.59 Å². The van der Waals surface area contributed by atoms with Crippen molar-refractivity contribution in [3.8, 4) is 0 Å². The molecule has 286 valence electrons. The van der Waals surface area contributed by atoms with Crippen LogP contribution in [0.3, 0.4) is 0 Å². The fourth-order valence-corrected chi connectivity index (χ4v) is 7.59. The first kappa shape index (κ1) is 41.0. The Kier molecular flexibility index (Phi) is 15.0. The Morgan fingerprint density at radius 2 is 1.64 bits per heavy atom. The molecule has 0 aromatic heterocycles. The van der Waals surface area contributed by atoms with E-state index in [4.69, 9.17) is 37.9 Å².